The molecule has 1 atom stereocenters. The highest BCUT2D eigenvalue weighted by atomic mass is 19.4. The minimum atomic E-state index is -5.01. The monoisotopic (exact) mass is 491 g/mol. The molecule has 34 heavy (non-hydrogen) atoms. The number of carbonyl (C=O) groups excluding carboxylic acids is 2. The number of benzene rings is 2. The van der Waals surface area contributed by atoms with Crippen molar-refractivity contribution in [1.82, 2.24) is 5.32 Å². The van der Waals surface area contributed by atoms with Gasteiger partial charge in [0.05, 0.1) is 24.3 Å². The average molecular weight is 491 g/mol. The molecule has 2 rings (SSSR count). The number of nitrogens with one attached hydrogen (secondary N) is 1. The van der Waals surface area contributed by atoms with Crippen LogP contribution in [0.3, 0.4) is 0 Å². The fourth-order valence-electron chi connectivity index (χ4n) is 2.98. The van der Waals surface area contributed by atoms with E-state index in [1.165, 1.54) is 12.1 Å². The first-order valence-corrected chi connectivity index (χ1v) is 9.95. The molecule has 0 aliphatic rings. The van der Waals surface area contributed by atoms with Crippen molar-refractivity contribution in [3.8, 4) is 0 Å². The van der Waals surface area contributed by atoms with Crippen molar-refractivity contribution in [3.63, 3.8) is 0 Å². The lowest BCUT2D eigenvalue weighted by Crippen LogP contribution is -2.52. The van der Waals surface area contributed by atoms with Crippen LogP contribution in [0.5, 0.6) is 0 Å². The van der Waals surface area contributed by atoms with Gasteiger partial charge in [-0.15, -0.1) is 0 Å². The van der Waals surface area contributed by atoms with E-state index in [-0.39, 0.29) is 11.6 Å². The Hall–Kier alpha value is -3.08. The van der Waals surface area contributed by atoms with Crippen molar-refractivity contribution >= 4 is 12.4 Å². The lowest BCUT2D eigenvalue weighted by atomic mass is 9.92. The molecule has 0 radical (unpaired) electrons. The van der Waals surface area contributed by atoms with Gasteiger partial charge < -0.3 is 19.6 Å². The number of amides is 1. The smallest absolute Gasteiger partial charge is 0.416 e. The molecule has 1 N–H and O–H groups in total. The zero-order chi connectivity index (χ0) is 25.8. The van der Waals surface area contributed by atoms with Crippen LogP contribution in [0.1, 0.15) is 43.0 Å². The summed E-state index contributed by atoms with van der Waals surface area (Å²) < 4.78 is 89.1. The maximum absolute atomic E-state index is 13.1. The first-order chi connectivity index (χ1) is 15.6. The van der Waals surface area contributed by atoms with E-state index in [1.54, 1.807) is 39.0 Å². The Balaban J connectivity index is 2.32. The number of rotatable bonds is 7. The van der Waals surface area contributed by atoms with Gasteiger partial charge in [-0.25, -0.2) is 4.79 Å². The highest BCUT2D eigenvalue weighted by molar-refractivity contribution is 5.78. The van der Waals surface area contributed by atoms with Gasteiger partial charge in [0.1, 0.15) is 11.1 Å². The summed E-state index contributed by atoms with van der Waals surface area (Å²) in [5.74, 6) is 0. The molecule has 11 heteroatoms. The van der Waals surface area contributed by atoms with E-state index in [1.807, 2.05) is 0 Å². The fourth-order valence-corrected chi connectivity index (χ4v) is 2.98. The number of hydrogen-bond donors (Lipinski definition) is 1. The molecule has 5 nitrogen and oxygen atoms in total. The molecule has 0 saturated heterocycles. The van der Waals surface area contributed by atoms with Crippen molar-refractivity contribution < 1.29 is 45.4 Å². The second-order valence-corrected chi connectivity index (χ2v) is 8.49. The topological polar surface area (TPSA) is 64.6 Å². The van der Waals surface area contributed by atoms with Crippen molar-refractivity contribution in [2.24, 2.45) is 0 Å². The van der Waals surface area contributed by atoms with Gasteiger partial charge in [-0.2, -0.15) is 26.3 Å². The fraction of sp³-hybridized carbons (Fsp3) is 0.391. The van der Waals surface area contributed by atoms with Gasteiger partial charge >= 0.3 is 18.4 Å². The SMILES string of the molecule is CC(C)(C)OC(=O)N[C@](C=O)(COCc1cc(C(F)(F)F)cc(C(F)(F)F)c1)c1ccccc1. The summed E-state index contributed by atoms with van der Waals surface area (Å²) >= 11 is 0. The van der Waals surface area contributed by atoms with Crippen LogP contribution in [-0.4, -0.2) is 24.6 Å². The molecule has 2 aromatic carbocycles. The molecule has 0 fully saturated rings. The predicted octanol–water partition coefficient (Wildman–Crippen LogP) is 5.86. The summed E-state index contributed by atoms with van der Waals surface area (Å²) in [6.45, 7) is 3.52. The van der Waals surface area contributed by atoms with E-state index in [0.717, 1.165) is 0 Å². The summed E-state index contributed by atoms with van der Waals surface area (Å²) in [6, 6.07) is 8.87. The highest BCUT2D eigenvalue weighted by Gasteiger charge is 2.38. The number of halogens is 6. The van der Waals surface area contributed by atoms with Crippen LogP contribution in [0.4, 0.5) is 31.1 Å². The lowest BCUT2D eigenvalue weighted by Gasteiger charge is -2.31. The van der Waals surface area contributed by atoms with E-state index in [2.05, 4.69) is 5.32 Å². The normalized spacial score (nSPS) is 14.3. The van der Waals surface area contributed by atoms with Crippen LogP contribution in [0.2, 0.25) is 0 Å². The number of ether oxygens (including phenoxy) is 2. The van der Waals surface area contributed by atoms with Crippen LogP contribution in [-0.2, 0) is 38.8 Å². The molecular formula is C23H23F6NO4. The molecule has 0 heterocycles. The summed E-state index contributed by atoms with van der Waals surface area (Å²) in [5.41, 5.74) is -5.82. The molecule has 0 aromatic heterocycles. The Kier molecular flexibility index (Phi) is 8.02. The molecular weight excluding hydrogens is 468 g/mol. The van der Waals surface area contributed by atoms with E-state index < -0.39 is 59.5 Å². The number of carbonyl (C=O) groups is 2. The second kappa shape index (κ2) is 10.0. The van der Waals surface area contributed by atoms with Crippen LogP contribution >= 0.6 is 0 Å². The summed E-state index contributed by atoms with van der Waals surface area (Å²) in [5, 5.41) is 2.40. The van der Waals surface area contributed by atoms with Gasteiger partial charge in [0.15, 0.2) is 6.29 Å². The van der Waals surface area contributed by atoms with Gasteiger partial charge in [-0.3, -0.25) is 0 Å². The van der Waals surface area contributed by atoms with Crippen LogP contribution in [0.25, 0.3) is 0 Å². The molecule has 0 aliphatic heterocycles. The van der Waals surface area contributed by atoms with Crippen molar-refractivity contribution in [2.45, 2.75) is 50.9 Å². The van der Waals surface area contributed by atoms with Gasteiger partial charge in [0.25, 0.3) is 0 Å². The van der Waals surface area contributed by atoms with Gasteiger partial charge in [-0.1, -0.05) is 30.3 Å². The Bertz CT molecular complexity index is 967. The van der Waals surface area contributed by atoms with Gasteiger partial charge in [0, 0.05) is 0 Å². The molecule has 0 spiro atoms. The first kappa shape index (κ1) is 27.2. The summed E-state index contributed by atoms with van der Waals surface area (Å²) in [7, 11) is 0. The third-order valence-electron chi connectivity index (χ3n) is 4.46. The number of alkyl carbamates (subject to hydrolysis) is 1. The first-order valence-electron chi connectivity index (χ1n) is 9.95. The van der Waals surface area contributed by atoms with E-state index in [0.29, 0.717) is 18.4 Å². The minimum Gasteiger partial charge on any atom is -0.444 e. The van der Waals surface area contributed by atoms with Crippen LogP contribution in [0, 0.1) is 0 Å². The predicted molar refractivity (Wildman–Crippen MR) is 110 cm³/mol. The van der Waals surface area contributed by atoms with Gasteiger partial charge in [0.2, 0.25) is 0 Å². The Morgan fingerprint density at radius 2 is 1.41 bits per heavy atom. The second-order valence-electron chi connectivity index (χ2n) is 8.49. The van der Waals surface area contributed by atoms with E-state index in [9.17, 15) is 35.9 Å². The molecule has 1 amide bonds. The van der Waals surface area contributed by atoms with Crippen molar-refractivity contribution in [3.05, 3.63) is 70.8 Å². The maximum Gasteiger partial charge on any atom is 0.416 e. The van der Waals surface area contributed by atoms with E-state index in [4.69, 9.17) is 9.47 Å². The molecule has 0 aliphatic carbocycles. The number of hydrogen-bond acceptors (Lipinski definition) is 4. The maximum atomic E-state index is 13.1. The minimum absolute atomic E-state index is 0.00719. The lowest BCUT2D eigenvalue weighted by molar-refractivity contribution is -0.143. The largest absolute Gasteiger partial charge is 0.444 e. The number of aldehydes is 1. The number of alkyl halides is 6. The molecule has 0 bridgehead atoms. The zero-order valence-electron chi connectivity index (χ0n) is 18.5. The molecule has 0 unspecified atom stereocenters. The van der Waals surface area contributed by atoms with Crippen molar-refractivity contribution in [2.75, 3.05) is 6.61 Å². The Morgan fingerprint density at radius 3 is 1.85 bits per heavy atom. The van der Waals surface area contributed by atoms with Gasteiger partial charge in [-0.05, 0) is 50.1 Å². The molecule has 0 saturated carbocycles. The standard InChI is InChI=1S/C23H23F6NO4/c1-20(2,3)34-19(32)30-21(13-31,16-7-5-4-6-8-16)14-33-12-15-9-17(22(24,25)26)11-18(10-15)23(27,28)29/h4-11,13H,12,14H2,1-3H3,(H,30,32)/t21-/m1/s1. The third kappa shape index (κ3) is 7.47. The Labute approximate surface area is 192 Å². The third-order valence-corrected chi connectivity index (χ3v) is 4.46. The zero-order valence-corrected chi connectivity index (χ0v) is 18.5. The highest BCUT2D eigenvalue weighted by Crippen LogP contribution is 2.36. The average Bonchev–Trinajstić information content (AvgIpc) is 2.71. The quantitative estimate of drug-likeness (QED) is 0.389. The summed E-state index contributed by atoms with van der Waals surface area (Å²) in [6.07, 6.45) is -10.6. The Morgan fingerprint density at radius 1 is 0.882 bits per heavy atom. The van der Waals surface area contributed by atoms with Crippen LogP contribution in [0.15, 0.2) is 48.5 Å². The van der Waals surface area contributed by atoms with E-state index >= 15 is 0 Å². The van der Waals surface area contributed by atoms with Crippen molar-refractivity contribution in [1.29, 1.82) is 0 Å². The molecule has 2 aromatic rings. The van der Waals surface area contributed by atoms with Crippen LogP contribution < -0.4 is 5.32 Å². The summed E-state index contributed by atoms with van der Waals surface area (Å²) in [4.78, 5) is 24.4. The molecule has 186 valence electrons.